The largest absolute Gasteiger partial charge is 0.503 e. The molecule has 2 aromatic rings. The number of pyridine rings is 1. The molecule has 198 valence electrons. The summed E-state index contributed by atoms with van der Waals surface area (Å²) in [6, 6.07) is 8.93. The maximum absolute atomic E-state index is 13.3. The average molecular weight is 515 g/mol. The molecule has 1 aromatic heterocycles. The van der Waals surface area contributed by atoms with Gasteiger partial charge in [-0.2, -0.15) is 0 Å². The second-order valence-electron chi connectivity index (χ2n) is 9.36. The van der Waals surface area contributed by atoms with Crippen LogP contribution in [0.1, 0.15) is 36.8 Å². The molecule has 37 heavy (non-hydrogen) atoms. The smallest absolute Gasteiger partial charge is 0.332 e. The molecular formula is C26H30N2O9. The number of aromatic nitrogens is 1. The van der Waals surface area contributed by atoms with Crippen LogP contribution in [0.2, 0.25) is 0 Å². The van der Waals surface area contributed by atoms with Gasteiger partial charge in [-0.15, -0.1) is 0 Å². The second-order valence-corrected chi connectivity index (χ2v) is 9.36. The third-order valence-corrected chi connectivity index (χ3v) is 6.53. The lowest BCUT2D eigenvalue weighted by Gasteiger charge is -2.38. The summed E-state index contributed by atoms with van der Waals surface area (Å²) in [5.74, 6) is -6.21. The first-order valence-electron chi connectivity index (χ1n) is 11.6. The molecule has 2 heterocycles. The van der Waals surface area contributed by atoms with Gasteiger partial charge in [0.25, 0.3) is 5.91 Å². The number of aliphatic carboxylic acids is 1. The van der Waals surface area contributed by atoms with Crippen LogP contribution in [-0.2, 0) is 30.3 Å². The zero-order valence-electron chi connectivity index (χ0n) is 21.0. The van der Waals surface area contributed by atoms with E-state index < -0.39 is 71.3 Å². The highest BCUT2D eigenvalue weighted by atomic mass is 16.6. The monoisotopic (exact) mass is 514 g/mol. The second kappa shape index (κ2) is 11.3. The van der Waals surface area contributed by atoms with E-state index in [-0.39, 0.29) is 12.2 Å². The maximum Gasteiger partial charge on any atom is 0.332 e. The Morgan fingerprint density at radius 1 is 1.16 bits per heavy atom. The van der Waals surface area contributed by atoms with E-state index >= 15 is 0 Å². The van der Waals surface area contributed by atoms with Crippen molar-refractivity contribution < 1.29 is 43.6 Å². The van der Waals surface area contributed by atoms with Gasteiger partial charge in [-0.05, 0) is 32.8 Å². The number of methoxy groups -OCH3 is 1. The van der Waals surface area contributed by atoms with Gasteiger partial charge in [-0.3, -0.25) is 14.4 Å². The lowest BCUT2D eigenvalue weighted by Crippen LogP contribution is -2.48. The lowest BCUT2D eigenvalue weighted by atomic mass is 9.67. The van der Waals surface area contributed by atoms with Crippen LogP contribution in [0.15, 0.2) is 42.6 Å². The first-order valence-corrected chi connectivity index (χ1v) is 11.6. The van der Waals surface area contributed by atoms with Crippen molar-refractivity contribution in [3.63, 3.8) is 0 Å². The molecule has 1 aromatic carbocycles. The van der Waals surface area contributed by atoms with Crippen molar-refractivity contribution in [2.24, 2.45) is 17.3 Å². The van der Waals surface area contributed by atoms with Crippen LogP contribution in [0.4, 0.5) is 0 Å². The Kier molecular flexibility index (Phi) is 8.36. The maximum atomic E-state index is 13.3. The zero-order valence-corrected chi connectivity index (χ0v) is 21.0. The van der Waals surface area contributed by atoms with Crippen molar-refractivity contribution in [1.29, 1.82) is 0 Å². The Morgan fingerprint density at radius 2 is 1.84 bits per heavy atom. The molecule has 0 radical (unpaired) electrons. The highest BCUT2D eigenvalue weighted by molar-refractivity contribution is 5.98. The predicted octanol–water partition coefficient (Wildman–Crippen LogP) is 1.97. The van der Waals surface area contributed by atoms with Crippen molar-refractivity contribution in [2.45, 2.75) is 39.3 Å². The number of carboxylic acids is 1. The minimum atomic E-state index is -1.47. The number of cyclic esters (lactones) is 2. The van der Waals surface area contributed by atoms with E-state index in [1.54, 1.807) is 24.3 Å². The molecule has 1 amide bonds. The van der Waals surface area contributed by atoms with Crippen LogP contribution in [0.5, 0.6) is 11.5 Å². The van der Waals surface area contributed by atoms with E-state index in [9.17, 15) is 29.4 Å². The number of amides is 1. The van der Waals surface area contributed by atoms with Crippen molar-refractivity contribution in [1.82, 2.24) is 10.3 Å². The molecule has 1 aliphatic rings. The molecule has 4 atom stereocenters. The average Bonchev–Trinajstić information content (AvgIpc) is 2.89. The minimum absolute atomic E-state index is 0.000240. The number of carbonyl (C=O) groups excluding carboxylic acids is 3. The summed E-state index contributed by atoms with van der Waals surface area (Å²) in [5, 5.41) is 22.6. The summed E-state index contributed by atoms with van der Waals surface area (Å²) in [6.07, 6.45) is 0.367. The zero-order chi connectivity index (χ0) is 27.3. The van der Waals surface area contributed by atoms with E-state index in [0.717, 1.165) is 5.56 Å². The number of carbonyl (C=O) groups is 4. The number of ether oxygens (including phenoxy) is 3. The Labute approximate surface area is 213 Å². The summed E-state index contributed by atoms with van der Waals surface area (Å²) < 4.78 is 16.0. The third-order valence-electron chi connectivity index (χ3n) is 6.53. The van der Waals surface area contributed by atoms with Crippen LogP contribution < -0.4 is 10.1 Å². The standard InChI is InChI=1S/C26H30N2O9/c1-14-19(26(2,3)25(33)34)16(12-15-8-6-5-7-9-15)23(31)36-13-17(24(32)37-14)28-22(30)20-21(29)18(35-4)10-11-27-20/h5-11,14,16-17,19,29H,12-13H2,1-4H3,(H,28,30)(H,33,34)/t14-,16+,17?,19+/m0/s1. The SMILES string of the molecule is COc1ccnc(C(=O)NC2COC(=O)[C@H](Cc3ccccc3)[C@H](C(C)(C)C(=O)O)[C@H](C)OC2=O)c1O. The van der Waals surface area contributed by atoms with E-state index in [1.807, 2.05) is 6.07 Å². The Bertz CT molecular complexity index is 1170. The molecule has 0 bridgehead atoms. The quantitative estimate of drug-likeness (QED) is 0.466. The molecule has 3 rings (SSSR count). The predicted molar refractivity (Wildman–Crippen MR) is 129 cm³/mol. The number of hydrogen-bond donors (Lipinski definition) is 3. The van der Waals surface area contributed by atoms with Crippen molar-refractivity contribution in [3.8, 4) is 11.5 Å². The van der Waals surface area contributed by atoms with Crippen LogP contribution in [0.3, 0.4) is 0 Å². The van der Waals surface area contributed by atoms with Gasteiger partial charge in [-0.1, -0.05) is 30.3 Å². The normalized spacial score (nSPS) is 22.5. The van der Waals surface area contributed by atoms with Crippen LogP contribution in [0.25, 0.3) is 0 Å². The summed E-state index contributed by atoms with van der Waals surface area (Å²) in [7, 11) is 1.30. The van der Waals surface area contributed by atoms with Crippen molar-refractivity contribution in [3.05, 3.63) is 53.9 Å². The van der Waals surface area contributed by atoms with Gasteiger partial charge in [0.05, 0.1) is 18.4 Å². The molecule has 3 N–H and O–H groups in total. The molecule has 11 nitrogen and oxygen atoms in total. The number of benzene rings is 1. The first-order chi connectivity index (χ1) is 17.5. The summed E-state index contributed by atoms with van der Waals surface area (Å²) in [6.45, 7) is 3.87. The van der Waals surface area contributed by atoms with Gasteiger partial charge in [0, 0.05) is 18.2 Å². The van der Waals surface area contributed by atoms with Gasteiger partial charge in [0.2, 0.25) is 0 Å². The lowest BCUT2D eigenvalue weighted by molar-refractivity contribution is -0.168. The van der Waals surface area contributed by atoms with Crippen molar-refractivity contribution >= 4 is 23.8 Å². The molecule has 1 fully saturated rings. The number of carboxylic acid groups (broad SMARTS) is 1. The Balaban J connectivity index is 1.93. The van der Waals surface area contributed by atoms with Crippen LogP contribution in [-0.4, -0.2) is 64.9 Å². The summed E-state index contributed by atoms with van der Waals surface area (Å²) in [4.78, 5) is 55.2. The van der Waals surface area contributed by atoms with E-state index in [4.69, 9.17) is 14.2 Å². The highest BCUT2D eigenvalue weighted by Gasteiger charge is 2.50. The summed E-state index contributed by atoms with van der Waals surface area (Å²) in [5.41, 5.74) is -1.10. The van der Waals surface area contributed by atoms with Crippen LogP contribution in [0, 0.1) is 17.3 Å². The fourth-order valence-corrected chi connectivity index (χ4v) is 4.56. The number of nitrogens with zero attached hydrogens (tertiary/aromatic N) is 1. The van der Waals surface area contributed by atoms with Crippen LogP contribution >= 0.6 is 0 Å². The molecule has 0 spiro atoms. The molecule has 0 saturated carbocycles. The van der Waals surface area contributed by atoms with Gasteiger partial charge in [-0.25, -0.2) is 9.78 Å². The third kappa shape index (κ3) is 5.99. The molecule has 1 saturated heterocycles. The number of rotatable bonds is 7. The van der Waals surface area contributed by atoms with Gasteiger partial charge in [0.1, 0.15) is 12.7 Å². The molecular weight excluding hydrogens is 484 g/mol. The number of esters is 2. The van der Waals surface area contributed by atoms with E-state index in [1.165, 1.54) is 40.1 Å². The highest BCUT2D eigenvalue weighted by Crippen LogP contribution is 2.40. The van der Waals surface area contributed by atoms with Gasteiger partial charge < -0.3 is 29.7 Å². The first kappa shape index (κ1) is 27.4. The van der Waals surface area contributed by atoms with E-state index in [2.05, 4.69) is 10.3 Å². The molecule has 11 heteroatoms. The fraction of sp³-hybridized carbons (Fsp3) is 0.423. The fourth-order valence-electron chi connectivity index (χ4n) is 4.56. The minimum Gasteiger partial charge on any atom is -0.503 e. The van der Waals surface area contributed by atoms with E-state index in [0.29, 0.717) is 0 Å². The van der Waals surface area contributed by atoms with Gasteiger partial charge in [0.15, 0.2) is 23.2 Å². The molecule has 0 aliphatic carbocycles. The molecule has 1 aliphatic heterocycles. The Morgan fingerprint density at radius 3 is 2.46 bits per heavy atom. The Hall–Kier alpha value is -4.15. The van der Waals surface area contributed by atoms with Crippen molar-refractivity contribution in [2.75, 3.05) is 13.7 Å². The number of aromatic hydroxyl groups is 1. The molecule has 1 unspecified atom stereocenters. The summed E-state index contributed by atoms with van der Waals surface area (Å²) >= 11 is 0. The number of hydrogen-bond acceptors (Lipinski definition) is 9. The topological polar surface area (TPSA) is 161 Å². The van der Waals surface area contributed by atoms with Gasteiger partial charge >= 0.3 is 17.9 Å². The number of nitrogens with one attached hydrogen (secondary N) is 1.